The number of aryl methyl sites for hydroxylation is 1. The van der Waals surface area contributed by atoms with Gasteiger partial charge in [0.15, 0.2) is 0 Å². The molecule has 0 bridgehead atoms. The second-order valence-electron chi connectivity index (χ2n) is 4.64. The summed E-state index contributed by atoms with van der Waals surface area (Å²) in [5, 5.41) is 3.19. The van der Waals surface area contributed by atoms with Gasteiger partial charge in [-0.2, -0.15) is 0 Å². The third-order valence-corrected chi connectivity index (χ3v) is 4.38. The van der Waals surface area contributed by atoms with Crippen LogP contribution in [-0.4, -0.2) is 30.1 Å². The number of anilines is 1. The van der Waals surface area contributed by atoms with Gasteiger partial charge in [0.1, 0.15) is 5.82 Å². The Kier molecular flexibility index (Phi) is 3.26. The van der Waals surface area contributed by atoms with Crippen molar-refractivity contribution in [2.45, 2.75) is 18.9 Å². The van der Waals surface area contributed by atoms with Gasteiger partial charge in [-0.15, -0.1) is 11.8 Å². The Labute approximate surface area is 110 Å². The van der Waals surface area contributed by atoms with Crippen LogP contribution in [0.1, 0.15) is 12.0 Å². The fourth-order valence-corrected chi connectivity index (χ4v) is 3.47. The molecule has 0 aromatic heterocycles. The van der Waals surface area contributed by atoms with Gasteiger partial charge < -0.3 is 4.90 Å². The molecule has 5 heteroatoms. The Morgan fingerprint density at radius 2 is 2.39 bits per heavy atom. The highest BCUT2D eigenvalue weighted by Crippen LogP contribution is 2.29. The molecule has 0 spiro atoms. The lowest BCUT2D eigenvalue weighted by Gasteiger charge is -2.31. The first-order valence-electron chi connectivity index (χ1n) is 6.16. The van der Waals surface area contributed by atoms with Crippen LogP contribution in [-0.2, 0) is 11.2 Å². The number of carbonyl (C=O) groups is 1. The average molecular weight is 266 g/mol. The van der Waals surface area contributed by atoms with Gasteiger partial charge in [-0.05, 0) is 36.6 Å². The van der Waals surface area contributed by atoms with Gasteiger partial charge >= 0.3 is 0 Å². The Bertz CT molecular complexity index is 474. The minimum Gasteiger partial charge on any atom is -0.311 e. The molecule has 3 rings (SSSR count). The van der Waals surface area contributed by atoms with Gasteiger partial charge in [-0.1, -0.05) is 0 Å². The van der Waals surface area contributed by atoms with Gasteiger partial charge in [0, 0.05) is 23.9 Å². The standard InChI is InChI=1S/C13H15FN2OS/c14-10-3-4-12-9(6-10)2-1-5-16(12)13(17)11-7-18-8-15-11/h3-4,6,11,15H,1-2,5,7-8H2. The lowest BCUT2D eigenvalue weighted by molar-refractivity contribution is -0.120. The van der Waals surface area contributed by atoms with E-state index in [2.05, 4.69) is 5.32 Å². The largest absolute Gasteiger partial charge is 0.311 e. The number of hydrogen-bond donors (Lipinski definition) is 1. The van der Waals surface area contributed by atoms with Crippen LogP contribution in [0.5, 0.6) is 0 Å². The quantitative estimate of drug-likeness (QED) is 0.841. The highest BCUT2D eigenvalue weighted by molar-refractivity contribution is 7.99. The molecule has 1 atom stereocenters. The molecule has 3 nitrogen and oxygen atoms in total. The van der Waals surface area contributed by atoms with E-state index in [1.54, 1.807) is 23.9 Å². The molecule has 0 aliphatic carbocycles. The second kappa shape index (κ2) is 4.90. The molecule has 0 saturated carbocycles. The second-order valence-corrected chi connectivity index (χ2v) is 5.67. The molecule has 1 N–H and O–H groups in total. The average Bonchev–Trinajstić information content (AvgIpc) is 2.90. The summed E-state index contributed by atoms with van der Waals surface area (Å²) in [6.07, 6.45) is 1.76. The monoisotopic (exact) mass is 266 g/mol. The lowest BCUT2D eigenvalue weighted by atomic mass is 10.0. The molecule has 0 radical (unpaired) electrons. The van der Waals surface area contributed by atoms with Crippen LogP contribution < -0.4 is 10.2 Å². The number of carbonyl (C=O) groups excluding carboxylic acids is 1. The van der Waals surface area contributed by atoms with Crippen molar-refractivity contribution in [1.82, 2.24) is 5.32 Å². The van der Waals surface area contributed by atoms with Crippen LogP contribution in [0.3, 0.4) is 0 Å². The Morgan fingerprint density at radius 1 is 1.50 bits per heavy atom. The van der Waals surface area contributed by atoms with Crippen LogP contribution in [0.4, 0.5) is 10.1 Å². The van der Waals surface area contributed by atoms with E-state index >= 15 is 0 Å². The fourth-order valence-electron chi connectivity index (χ4n) is 2.54. The highest BCUT2D eigenvalue weighted by Gasteiger charge is 2.30. The van der Waals surface area contributed by atoms with Crippen LogP contribution in [0.15, 0.2) is 18.2 Å². The maximum Gasteiger partial charge on any atom is 0.245 e. The molecular formula is C13H15FN2OS. The molecule has 1 unspecified atom stereocenters. The summed E-state index contributed by atoms with van der Waals surface area (Å²) >= 11 is 1.74. The van der Waals surface area contributed by atoms with Crippen LogP contribution >= 0.6 is 11.8 Å². The van der Waals surface area contributed by atoms with Crippen molar-refractivity contribution in [2.75, 3.05) is 23.1 Å². The Hall–Kier alpha value is -1.07. The number of rotatable bonds is 1. The SMILES string of the molecule is O=C(C1CSCN1)N1CCCc2cc(F)ccc21. The third kappa shape index (κ3) is 2.12. The van der Waals surface area contributed by atoms with Gasteiger partial charge in [-0.25, -0.2) is 4.39 Å². The topological polar surface area (TPSA) is 32.3 Å². The molecule has 18 heavy (non-hydrogen) atoms. The summed E-state index contributed by atoms with van der Waals surface area (Å²) in [5.41, 5.74) is 1.83. The van der Waals surface area contributed by atoms with Crippen LogP contribution in [0, 0.1) is 5.82 Å². The van der Waals surface area contributed by atoms with E-state index in [9.17, 15) is 9.18 Å². The first-order chi connectivity index (χ1) is 8.75. The normalized spacial score (nSPS) is 22.9. The number of nitrogens with one attached hydrogen (secondary N) is 1. The Balaban J connectivity index is 1.88. The van der Waals surface area contributed by atoms with Gasteiger partial charge in [0.25, 0.3) is 0 Å². The van der Waals surface area contributed by atoms with E-state index < -0.39 is 0 Å². The van der Waals surface area contributed by atoms with E-state index in [4.69, 9.17) is 0 Å². The summed E-state index contributed by atoms with van der Waals surface area (Å²) in [6.45, 7) is 0.736. The number of hydrogen-bond acceptors (Lipinski definition) is 3. The van der Waals surface area contributed by atoms with E-state index in [0.717, 1.165) is 42.3 Å². The first kappa shape index (κ1) is 12.0. The summed E-state index contributed by atoms with van der Waals surface area (Å²) in [5.74, 6) is 1.55. The molecule has 1 saturated heterocycles. The maximum atomic E-state index is 13.2. The molecule has 2 aliphatic heterocycles. The predicted molar refractivity (Wildman–Crippen MR) is 71.3 cm³/mol. The van der Waals surface area contributed by atoms with Gasteiger partial charge in [-0.3, -0.25) is 10.1 Å². The van der Waals surface area contributed by atoms with Crippen LogP contribution in [0.25, 0.3) is 0 Å². The zero-order valence-corrected chi connectivity index (χ0v) is 10.8. The summed E-state index contributed by atoms with van der Waals surface area (Å²) in [4.78, 5) is 14.2. The van der Waals surface area contributed by atoms with Crippen molar-refractivity contribution in [3.63, 3.8) is 0 Å². The molecule has 2 aliphatic rings. The smallest absolute Gasteiger partial charge is 0.245 e. The molecule has 96 valence electrons. The number of fused-ring (bicyclic) bond motifs is 1. The fraction of sp³-hybridized carbons (Fsp3) is 0.462. The number of nitrogens with zero attached hydrogens (tertiary/aromatic N) is 1. The van der Waals surface area contributed by atoms with Gasteiger partial charge in [0.05, 0.1) is 6.04 Å². The maximum absolute atomic E-state index is 13.2. The number of amides is 1. The van der Waals surface area contributed by atoms with E-state index in [0.29, 0.717) is 0 Å². The van der Waals surface area contributed by atoms with Crippen molar-refractivity contribution < 1.29 is 9.18 Å². The first-order valence-corrected chi connectivity index (χ1v) is 7.32. The molecular weight excluding hydrogens is 251 g/mol. The molecule has 1 amide bonds. The number of thioether (sulfide) groups is 1. The third-order valence-electron chi connectivity index (χ3n) is 3.44. The van der Waals surface area contributed by atoms with Crippen molar-refractivity contribution in [3.05, 3.63) is 29.6 Å². The summed E-state index contributed by atoms with van der Waals surface area (Å²) in [7, 11) is 0. The minimum absolute atomic E-state index is 0.0917. The molecule has 2 heterocycles. The van der Waals surface area contributed by atoms with Crippen molar-refractivity contribution in [2.24, 2.45) is 0 Å². The van der Waals surface area contributed by atoms with Gasteiger partial charge in [0.2, 0.25) is 5.91 Å². The van der Waals surface area contributed by atoms with E-state index in [1.165, 1.54) is 6.07 Å². The lowest BCUT2D eigenvalue weighted by Crippen LogP contribution is -2.47. The number of halogens is 1. The summed E-state index contributed by atoms with van der Waals surface area (Å²) < 4.78 is 13.2. The van der Waals surface area contributed by atoms with Crippen molar-refractivity contribution in [3.8, 4) is 0 Å². The number of benzene rings is 1. The van der Waals surface area contributed by atoms with E-state index in [1.807, 2.05) is 4.90 Å². The molecule has 1 aromatic carbocycles. The summed E-state index contributed by atoms with van der Waals surface area (Å²) in [6, 6.07) is 4.61. The predicted octanol–water partition coefficient (Wildman–Crippen LogP) is 1.77. The van der Waals surface area contributed by atoms with Crippen molar-refractivity contribution >= 4 is 23.4 Å². The zero-order chi connectivity index (χ0) is 12.5. The Morgan fingerprint density at radius 3 is 3.17 bits per heavy atom. The molecule has 1 fully saturated rings. The highest BCUT2D eigenvalue weighted by atomic mass is 32.2. The zero-order valence-electron chi connectivity index (χ0n) is 9.99. The van der Waals surface area contributed by atoms with Crippen LogP contribution in [0.2, 0.25) is 0 Å². The minimum atomic E-state index is -0.224. The molecule has 1 aromatic rings. The van der Waals surface area contributed by atoms with Crippen molar-refractivity contribution in [1.29, 1.82) is 0 Å². The van der Waals surface area contributed by atoms with E-state index in [-0.39, 0.29) is 17.8 Å².